The molecule has 0 aliphatic carbocycles. The van der Waals surface area contributed by atoms with Crippen LogP contribution in [-0.2, 0) is 11.3 Å². The maximum Gasteiger partial charge on any atom is 0.254 e. The van der Waals surface area contributed by atoms with E-state index in [2.05, 4.69) is 5.32 Å². The second kappa shape index (κ2) is 11.9. The molecular formula is C31H27ClN4O4. The lowest BCUT2D eigenvalue weighted by Crippen LogP contribution is -2.37. The first-order valence-corrected chi connectivity index (χ1v) is 13.0. The van der Waals surface area contributed by atoms with Crippen molar-refractivity contribution in [1.29, 1.82) is 0 Å². The van der Waals surface area contributed by atoms with Gasteiger partial charge in [0.05, 0.1) is 25.6 Å². The Morgan fingerprint density at radius 1 is 1.00 bits per heavy atom. The van der Waals surface area contributed by atoms with Crippen molar-refractivity contribution in [3.63, 3.8) is 0 Å². The molecule has 0 atom stereocenters. The van der Waals surface area contributed by atoms with Crippen molar-refractivity contribution in [1.82, 2.24) is 14.5 Å². The van der Waals surface area contributed by atoms with E-state index in [1.54, 1.807) is 48.1 Å². The van der Waals surface area contributed by atoms with E-state index < -0.39 is 5.91 Å². The molecule has 202 valence electrons. The van der Waals surface area contributed by atoms with E-state index in [0.717, 1.165) is 16.8 Å². The molecule has 0 aliphatic heterocycles. The second-order valence-electron chi connectivity index (χ2n) is 9.18. The Labute approximate surface area is 236 Å². The molecular weight excluding hydrogens is 528 g/mol. The molecule has 8 nitrogen and oxygen atoms in total. The molecule has 2 aromatic heterocycles. The average molecular weight is 555 g/mol. The monoisotopic (exact) mass is 554 g/mol. The summed E-state index contributed by atoms with van der Waals surface area (Å²) < 4.78 is 12.5. The quantitative estimate of drug-likeness (QED) is 0.228. The van der Waals surface area contributed by atoms with Gasteiger partial charge in [-0.15, -0.1) is 0 Å². The normalized spacial score (nSPS) is 10.8. The number of carbonyl (C=O) groups is 2. The van der Waals surface area contributed by atoms with Crippen LogP contribution in [-0.4, -0.2) is 39.9 Å². The van der Waals surface area contributed by atoms with Crippen LogP contribution in [0.1, 0.15) is 21.7 Å². The first kappa shape index (κ1) is 26.8. The van der Waals surface area contributed by atoms with Gasteiger partial charge in [-0.1, -0.05) is 41.4 Å². The largest absolute Gasteiger partial charge is 0.497 e. The topological polar surface area (TPSA) is 89.6 Å². The van der Waals surface area contributed by atoms with Gasteiger partial charge in [-0.3, -0.25) is 19.5 Å². The van der Waals surface area contributed by atoms with E-state index in [0.29, 0.717) is 33.7 Å². The minimum absolute atomic E-state index is 0.135. The van der Waals surface area contributed by atoms with Gasteiger partial charge in [0.15, 0.2) is 0 Å². The van der Waals surface area contributed by atoms with Crippen LogP contribution in [0.25, 0.3) is 16.9 Å². The average Bonchev–Trinajstić information content (AvgIpc) is 3.63. The number of furan rings is 1. The van der Waals surface area contributed by atoms with Crippen LogP contribution in [0.3, 0.4) is 0 Å². The highest BCUT2D eigenvalue weighted by atomic mass is 35.5. The van der Waals surface area contributed by atoms with Gasteiger partial charge in [-0.2, -0.15) is 0 Å². The summed E-state index contributed by atoms with van der Waals surface area (Å²) in [4.78, 5) is 32.9. The molecule has 0 aliphatic rings. The number of ether oxygens (including phenoxy) is 1. The van der Waals surface area contributed by atoms with Gasteiger partial charge < -0.3 is 14.1 Å². The highest BCUT2D eigenvalue weighted by Gasteiger charge is 2.22. The molecule has 2 amide bonds. The third-order valence-corrected chi connectivity index (χ3v) is 6.55. The summed E-state index contributed by atoms with van der Waals surface area (Å²) in [5, 5.41) is 3.51. The van der Waals surface area contributed by atoms with Crippen LogP contribution in [0.15, 0.2) is 102 Å². The van der Waals surface area contributed by atoms with Crippen molar-refractivity contribution in [3.05, 3.63) is 119 Å². The first-order valence-electron chi connectivity index (χ1n) is 12.6. The minimum Gasteiger partial charge on any atom is -0.497 e. The molecule has 0 fully saturated rings. The zero-order valence-electron chi connectivity index (χ0n) is 22.0. The third-order valence-electron chi connectivity index (χ3n) is 6.29. The van der Waals surface area contributed by atoms with Gasteiger partial charge in [0.2, 0.25) is 11.9 Å². The van der Waals surface area contributed by atoms with Gasteiger partial charge in [0.25, 0.3) is 5.91 Å². The number of anilines is 1. The Kier molecular flexibility index (Phi) is 7.98. The van der Waals surface area contributed by atoms with Crippen molar-refractivity contribution in [2.45, 2.75) is 13.5 Å². The lowest BCUT2D eigenvalue weighted by atomic mass is 10.1. The van der Waals surface area contributed by atoms with Crippen LogP contribution in [0.5, 0.6) is 5.75 Å². The van der Waals surface area contributed by atoms with Crippen LogP contribution in [0.4, 0.5) is 5.95 Å². The van der Waals surface area contributed by atoms with E-state index in [1.807, 2.05) is 61.7 Å². The first-order chi connectivity index (χ1) is 19.4. The molecule has 5 rings (SSSR count). The fourth-order valence-electron chi connectivity index (χ4n) is 4.17. The van der Waals surface area contributed by atoms with Crippen molar-refractivity contribution < 1.29 is 18.7 Å². The van der Waals surface area contributed by atoms with E-state index in [-0.39, 0.29) is 19.0 Å². The number of carbonyl (C=O) groups excluding carboxylic acids is 2. The number of benzene rings is 3. The maximum atomic E-state index is 13.4. The summed E-state index contributed by atoms with van der Waals surface area (Å²) >= 11 is 6.07. The summed E-state index contributed by atoms with van der Waals surface area (Å²) in [7, 11) is 1.60. The number of hydrogen-bond donors (Lipinski definition) is 1. The number of nitrogens with one attached hydrogen (secondary N) is 1. The number of imidazole rings is 1. The minimum atomic E-state index is -0.407. The molecule has 9 heteroatoms. The van der Waals surface area contributed by atoms with E-state index in [9.17, 15) is 9.59 Å². The van der Waals surface area contributed by atoms with E-state index in [1.165, 1.54) is 11.2 Å². The van der Waals surface area contributed by atoms with Crippen molar-refractivity contribution >= 4 is 29.4 Å². The van der Waals surface area contributed by atoms with Gasteiger partial charge in [-0.05, 0) is 67.6 Å². The van der Waals surface area contributed by atoms with Gasteiger partial charge in [-0.25, -0.2) is 4.98 Å². The van der Waals surface area contributed by atoms with Gasteiger partial charge in [0.1, 0.15) is 18.1 Å². The molecule has 40 heavy (non-hydrogen) atoms. The molecule has 0 bridgehead atoms. The second-order valence-corrected chi connectivity index (χ2v) is 9.62. The SMILES string of the molecule is COc1ccc(-n2cc(-c3ccc(Cl)cc3)nc2NC(=O)CN(Cc2ccco2)C(=O)c2ccc(C)cc2)cc1. The van der Waals surface area contributed by atoms with Crippen molar-refractivity contribution in [3.8, 4) is 22.7 Å². The number of aromatic nitrogens is 2. The Morgan fingerprint density at radius 2 is 1.73 bits per heavy atom. The number of rotatable bonds is 9. The van der Waals surface area contributed by atoms with Crippen LogP contribution < -0.4 is 10.1 Å². The van der Waals surface area contributed by atoms with Crippen molar-refractivity contribution in [2.75, 3.05) is 19.0 Å². The third kappa shape index (κ3) is 6.24. The molecule has 5 aromatic rings. The van der Waals surface area contributed by atoms with Crippen LogP contribution in [0.2, 0.25) is 5.02 Å². The predicted octanol–water partition coefficient (Wildman–Crippen LogP) is 6.38. The molecule has 0 radical (unpaired) electrons. The van der Waals surface area contributed by atoms with E-state index in [4.69, 9.17) is 25.7 Å². The molecule has 0 unspecified atom stereocenters. The predicted molar refractivity (Wildman–Crippen MR) is 154 cm³/mol. The summed E-state index contributed by atoms with van der Waals surface area (Å²) in [6, 6.07) is 25.4. The standard InChI is InChI=1S/C31H27ClN4O4/c1-21-5-7-23(8-6-21)30(38)35(18-27-4-3-17-40-27)20-29(37)34-31-33-28(22-9-11-24(32)12-10-22)19-36(31)25-13-15-26(39-2)16-14-25/h3-17,19H,18,20H2,1-2H3,(H,33,34,37). The fourth-order valence-corrected chi connectivity index (χ4v) is 4.30. The van der Waals surface area contributed by atoms with Crippen LogP contribution >= 0.6 is 11.6 Å². The lowest BCUT2D eigenvalue weighted by molar-refractivity contribution is -0.117. The zero-order valence-corrected chi connectivity index (χ0v) is 22.8. The number of aryl methyl sites for hydroxylation is 1. The number of methoxy groups -OCH3 is 1. The molecule has 0 saturated carbocycles. The number of amides is 2. The van der Waals surface area contributed by atoms with Gasteiger partial charge >= 0.3 is 0 Å². The Hall–Kier alpha value is -4.82. The molecule has 0 saturated heterocycles. The van der Waals surface area contributed by atoms with Gasteiger partial charge in [0, 0.05) is 28.0 Å². The fraction of sp³-hybridized carbons (Fsp3) is 0.129. The maximum absolute atomic E-state index is 13.4. The Bertz CT molecular complexity index is 1590. The highest BCUT2D eigenvalue weighted by molar-refractivity contribution is 6.30. The Morgan fingerprint density at radius 3 is 2.38 bits per heavy atom. The number of nitrogens with zero attached hydrogens (tertiary/aromatic N) is 3. The van der Waals surface area contributed by atoms with E-state index >= 15 is 0 Å². The zero-order chi connectivity index (χ0) is 28.1. The summed E-state index contributed by atoms with van der Waals surface area (Å²) in [6.45, 7) is 1.88. The van der Waals surface area contributed by atoms with Crippen molar-refractivity contribution in [2.24, 2.45) is 0 Å². The Balaban J connectivity index is 1.43. The number of hydrogen-bond acceptors (Lipinski definition) is 5. The summed E-state index contributed by atoms with van der Waals surface area (Å²) in [5.74, 6) is 0.886. The molecule has 0 spiro atoms. The smallest absolute Gasteiger partial charge is 0.254 e. The lowest BCUT2D eigenvalue weighted by Gasteiger charge is -2.21. The molecule has 3 aromatic carbocycles. The van der Waals surface area contributed by atoms with Crippen LogP contribution in [0, 0.1) is 6.92 Å². The number of halogens is 1. The highest BCUT2D eigenvalue weighted by Crippen LogP contribution is 2.26. The molecule has 2 heterocycles. The summed E-state index contributed by atoms with van der Waals surface area (Å²) in [5.41, 5.74) is 3.77. The molecule has 1 N–H and O–H groups in total. The summed E-state index contributed by atoms with van der Waals surface area (Å²) in [6.07, 6.45) is 3.37.